The summed E-state index contributed by atoms with van der Waals surface area (Å²) in [7, 11) is 0.537. The third-order valence-electron chi connectivity index (χ3n) is 6.47. The monoisotopic (exact) mass is 458 g/mol. The Labute approximate surface area is 198 Å². The van der Waals surface area contributed by atoms with E-state index < -0.39 is 13.0 Å². The fraction of sp³-hybridized carbons (Fsp3) is 0.292. The standard InChI is InChI=1S/C24H27BN6O3/c1-14-9-18-17(22(26)32)7-4-8-21(18)31(14)24-28-20-13-30(2)12-19(20)23(29-24)27-11-15-5-3-6-16(10-15)25(33)34/h3-8,10,14,33-34H,9,11-13H2,1-2H3,(H2,26,32)(H,27,28,29). The minimum absolute atomic E-state index is 0.0725. The van der Waals surface area contributed by atoms with Gasteiger partial charge in [-0.15, -0.1) is 0 Å². The number of hydrogen-bond donors (Lipinski definition) is 4. The van der Waals surface area contributed by atoms with Crippen LogP contribution in [0.1, 0.15) is 39.7 Å². The Hall–Kier alpha value is -3.47. The highest BCUT2D eigenvalue weighted by Gasteiger charge is 2.33. The third-order valence-corrected chi connectivity index (χ3v) is 6.47. The van der Waals surface area contributed by atoms with Crippen molar-refractivity contribution in [3.63, 3.8) is 0 Å². The first-order valence-electron chi connectivity index (χ1n) is 11.3. The van der Waals surface area contributed by atoms with Crippen molar-refractivity contribution in [2.45, 2.75) is 39.0 Å². The van der Waals surface area contributed by atoms with Crippen molar-refractivity contribution < 1.29 is 14.8 Å². The van der Waals surface area contributed by atoms with Crippen LogP contribution in [-0.4, -0.2) is 51.0 Å². The molecule has 2 aliphatic rings. The molecule has 5 N–H and O–H groups in total. The highest BCUT2D eigenvalue weighted by Crippen LogP contribution is 2.40. The number of aromatic nitrogens is 2. The molecule has 3 heterocycles. The number of fused-ring (bicyclic) bond motifs is 2. The number of benzene rings is 2. The quantitative estimate of drug-likeness (QED) is 0.401. The number of nitrogens with zero attached hydrogens (tertiary/aromatic N) is 4. The Balaban J connectivity index is 1.51. The molecule has 5 rings (SSSR count). The summed E-state index contributed by atoms with van der Waals surface area (Å²) in [6, 6.07) is 12.8. The summed E-state index contributed by atoms with van der Waals surface area (Å²) in [6.45, 7) is 4.03. The van der Waals surface area contributed by atoms with Crippen LogP contribution in [0.4, 0.5) is 17.5 Å². The van der Waals surface area contributed by atoms with Crippen LogP contribution in [0, 0.1) is 0 Å². The summed E-state index contributed by atoms with van der Waals surface area (Å²) in [6.07, 6.45) is 0.688. The molecule has 0 aliphatic carbocycles. The van der Waals surface area contributed by atoms with Gasteiger partial charge < -0.3 is 26.0 Å². The van der Waals surface area contributed by atoms with E-state index in [1.54, 1.807) is 24.3 Å². The summed E-state index contributed by atoms with van der Waals surface area (Å²) < 4.78 is 0. The van der Waals surface area contributed by atoms with Gasteiger partial charge in [0.15, 0.2) is 0 Å². The zero-order chi connectivity index (χ0) is 24.0. The van der Waals surface area contributed by atoms with Crippen LogP contribution in [0.25, 0.3) is 0 Å². The molecule has 1 aromatic heterocycles. The summed E-state index contributed by atoms with van der Waals surface area (Å²) in [5, 5.41) is 22.4. The lowest BCUT2D eigenvalue weighted by molar-refractivity contribution is 0.0999. The average Bonchev–Trinajstić information content (AvgIpc) is 3.35. The van der Waals surface area contributed by atoms with Gasteiger partial charge in [0.2, 0.25) is 11.9 Å². The van der Waals surface area contributed by atoms with Gasteiger partial charge in [-0.1, -0.05) is 30.3 Å². The van der Waals surface area contributed by atoms with E-state index in [0.29, 0.717) is 29.9 Å². The van der Waals surface area contributed by atoms with Crippen LogP contribution in [0.3, 0.4) is 0 Å². The SMILES string of the molecule is CC1Cc2c(C(N)=O)cccc2N1c1nc2c(c(NCc3cccc(B(O)O)c3)n1)CN(C)C2. The van der Waals surface area contributed by atoms with Crippen molar-refractivity contribution in [1.29, 1.82) is 0 Å². The first-order valence-corrected chi connectivity index (χ1v) is 11.3. The van der Waals surface area contributed by atoms with E-state index in [2.05, 4.69) is 22.0 Å². The summed E-state index contributed by atoms with van der Waals surface area (Å²) in [4.78, 5) is 26.1. The zero-order valence-corrected chi connectivity index (χ0v) is 19.2. The van der Waals surface area contributed by atoms with E-state index in [1.165, 1.54) is 0 Å². The maximum atomic E-state index is 12.0. The largest absolute Gasteiger partial charge is 0.488 e. The molecule has 1 unspecified atom stereocenters. The number of rotatable bonds is 6. The molecule has 0 saturated heterocycles. The molecule has 9 nitrogen and oxygen atoms in total. The molecule has 1 atom stereocenters. The molecular formula is C24H27BN6O3. The highest BCUT2D eigenvalue weighted by atomic mass is 16.4. The molecule has 0 bridgehead atoms. The number of anilines is 3. The second kappa shape index (κ2) is 8.71. The lowest BCUT2D eigenvalue weighted by atomic mass is 9.80. The molecule has 0 saturated carbocycles. The normalized spacial score (nSPS) is 16.9. The highest BCUT2D eigenvalue weighted by molar-refractivity contribution is 6.58. The lowest BCUT2D eigenvalue weighted by Gasteiger charge is -2.24. The molecular weight excluding hydrogens is 431 g/mol. The van der Waals surface area contributed by atoms with E-state index in [9.17, 15) is 14.8 Å². The summed E-state index contributed by atoms with van der Waals surface area (Å²) in [5.74, 6) is 0.912. The summed E-state index contributed by atoms with van der Waals surface area (Å²) in [5.41, 5.74) is 11.4. The molecule has 0 radical (unpaired) electrons. The molecule has 174 valence electrons. The molecule has 2 aromatic carbocycles. The summed E-state index contributed by atoms with van der Waals surface area (Å²) >= 11 is 0. The maximum absolute atomic E-state index is 12.0. The number of primary amides is 1. The Morgan fingerprint density at radius 2 is 1.97 bits per heavy atom. The van der Waals surface area contributed by atoms with Crippen molar-refractivity contribution in [1.82, 2.24) is 14.9 Å². The van der Waals surface area contributed by atoms with Gasteiger partial charge in [0.25, 0.3) is 0 Å². The topological polar surface area (TPSA) is 128 Å². The van der Waals surface area contributed by atoms with Crippen molar-refractivity contribution in [3.8, 4) is 0 Å². The number of carbonyl (C=O) groups excluding carboxylic acids is 1. The predicted octanol–water partition coefficient (Wildman–Crippen LogP) is 0.895. The van der Waals surface area contributed by atoms with E-state index in [1.807, 2.05) is 25.2 Å². The average molecular weight is 458 g/mol. The molecule has 0 fully saturated rings. The van der Waals surface area contributed by atoms with Crippen LogP contribution in [0.15, 0.2) is 42.5 Å². The van der Waals surface area contributed by atoms with E-state index in [0.717, 1.165) is 47.0 Å². The second-order valence-electron chi connectivity index (χ2n) is 9.03. The van der Waals surface area contributed by atoms with Gasteiger partial charge in [0.1, 0.15) is 5.82 Å². The number of nitrogens with two attached hydrogens (primary N) is 1. The van der Waals surface area contributed by atoms with Gasteiger partial charge in [-0.05, 0) is 49.1 Å². The molecule has 10 heteroatoms. The van der Waals surface area contributed by atoms with Crippen molar-refractivity contribution in [2.75, 3.05) is 17.3 Å². The van der Waals surface area contributed by atoms with Crippen LogP contribution < -0.4 is 21.4 Å². The Morgan fingerprint density at radius 1 is 1.18 bits per heavy atom. The third kappa shape index (κ3) is 4.00. The number of amides is 1. The smallest absolute Gasteiger partial charge is 0.423 e. The molecule has 34 heavy (non-hydrogen) atoms. The van der Waals surface area contributed by atoms with E-state index in [4.69, 9.17) is 15.7 Å². The molecule has 0 spiro atoms. The van der Waals surface area contributed by atoms with Crippen LogP contribution in [-0.2, 0) is 26.1 Å². The van der Waals surface area contributed by atoms with Gasteiger partial charge in [0, 0.05) is 42.5 Å². The van der Waals surface area contributed by atoms with Crippen molar-refractivity contribution in [3.05, 3.63) is 70.4 Å². The minimum atomic E-state index is -1.51. The molecule has 1 amide bonds. The van der Waals surface area contributed by atoms with E-state index in [-0.39, 0.29) is 6.04 Å². The Kier molecular flexibility index (Phi) is 5.72. The lowest BCUT2D eigenvalue weighted by Crippen LogP contribution is -2.30. The van der Waals surface area contributed by atoms with Gasteiger partial charge in [-0.25, -0.2) is 4.98 Å². The minimum Gasteiger partial charge on any atom is -0.423 e. The van der Waals surface area contributed by atoms with Crippen LogP contribution in [0.2, 0.25) is 0 Å². The molecule has 3 aromatic rings. The zero-order valence-electron chi connectivity index (χ0n) is 19.2. The van der Waals surface area contributed by atoms with E-state index >= 15 is 0 Å². The van der Waals surface area contributed by atoms with Gasteiger partial charge in [-0.2, -0.15) is 4.98 Å². The van der Waals surface area contributed by atoms with Gasteiger partial charge in [0.05, 0.1) is 5.69 Å². The maximum Gasteiger partial charge on any atom is 0.488 e. The number of carbonyl (C=O) groups is 1. The molecule has 2 aliphatic heterocycles. The van der Waals surface area contributed by atoms with Crippen LogP contribution >= 0.6 is 0 Å². The fourth-order valence-electron chi connectivity index (χ4n) is 4.87. The number of hydrogen-bond acceptors (Lipinski definition) is 8. The van der Waals surface area contributed by atoms with Crippen molar-refractivity contribution in [2.24, 2.45) is 5.73 Å². The fourth-order valence-corrected chi connectivity index (χ4v) is 4.87. The van der Waals surface area contributed by atoms with Crippen LogP contribution in [0.5, 0.6) is 0 Å². The van der Waals surface area contributed by atoms with Gasteiger partial charge in [-0.3, -0.25) is 9.69 Å². The van der Waals surface area contributed by atoms with Gasteiger partial charge >= 0.3 is 7.12 Å². The Morgan fingerprint density at radius 3 is 2.74 bits per heavy atom. The Bertz CT molecular complexity index is 1270. The second-order valence-corrected chi connectivity index (χ2v) is 9.03. The first-order chi connectivity index (χ1) is 16.3. The number of nitrogens with one attached hydrogen (secondary N) is 1. The first kappa shape index (κ1) is 22.3. The van der Waals surface area contributed by atoms with Crippen molar-refractivity contribution >= 4 is 35.9 Å². The predicted molar refractivity (Wildman–Crippen MR) is 131 cm³/mol.